The Bertz CT molecular complexity index is 1500. The molecule has 0 bridgehead atoms. The van der Waals surface area contributed by atoms with Gasteiger partial charge in [-0.05, 0) is 62.1 Å². The molecule has 0 unspecified atom stereocenters. The van der Waals surface area contributed by atoms with Crippen LogP contribution in [-0.2, 0) is 9.59 Å². The molecule has 5 rings (SSSR count). The molecule has 3 aromatic rings. The summed E-state index contributed by atoms with van der Waals surface area (Å²) in [5.74, 6) is 0.696. The van der Waals surface area contributed by atoms with Crippen molar-refractivity contribution in [3.63, 3.8) is 0 Å². The van der Waals surface area contributed by atoms with Gasteiger partial charge in [0.25, 0.3) is 0 Å². The summed E-state index contributed by atoms with van der Waals surface area (Å²) < 4.78 is 48.2. The number of carbonyl (C=O) groups excluding carboxylic acids is 3. The van der Waals surface area contributed by atoms with Gasteiger partial charge in [-0.25, -0.2) is 9.78 Å². The highest BCUT2D eigenvalue weighted by molar-refractivity contribution is 6.40. The maximum absolute atomic E-state index is 12.8. The number of hydrogen-bond acceptors (Lipinski definition) is 6. The van der Waals surface area contributed by atoms with Crippen molar-refractivity contribution in [1.82, 2.24) is 14.5 Å². The molecule has 2 heterocycles. The van der Waals surface area contributed by atoms with Gasteiger partial charge in [0.2, 0.25) is 5.91 Å². The van der Waals surface area contributed by atoms with E-state index >= 15 is 0 Å². The highest BCUT2D eigenvalue weighted by Gasteiger charge is 2.48. The van der Waals surface area contributed by atoms with E-state index in [0.717, 1.165) is 6.42 Å². The highest BCUT2D eigenvalue weighted by Crippen LogP contribution is 2.45. The van der Waals surface area contributed by atoms with Crippen LogP contribution in [0.25, 0.3) is 0 Å². The Balaban J connectivity index is 0.000000213. The van der Waals surface area contributed by atoms with E-state index in [9.17, 15) is 27.6 Å². The van der Waals surface area contributed by atoms with Gasteiger partial charge in [0.15, 0.2) is 12.4 Å². The van der Waals surface area contributed by atoms with Crippen molar-refractivity contribution >= 4 is 58.2 Å². The fourth-order valence-electron chi connectivity index (χ4n) is 5.46. The second-order valence-electron chi connectivity index (χ2n) is 11.2. The molecular weight excluding hydrogens is 684 g/mol. The minimum atomic E-state index is -4.38. The van der Waals surface area contributed by atoms with Gasteiger partial charge in [-0.3, -0.25) is 14.2 Å². The van der Waals surface area contributed by atoms with Gasteiger partial charge in [-0.2, -0.15) is 13.2 Å². The Kier molecular flexibility index (Phi) is 12.4. The van der Waals surface area contributed by atoms with Gasteiger partial charge in [-0.1, -0.05) is 41.7 Å². The molecule has 47 heavy (non-hydrogen) atoms. The summed E-state index contributed by atoms with van der Waals surface area (Å²) in [6.45, 7) is 2.51. The molecule has 0 radical (unpaired) electrons. The van der Waals surface area contributed by atoms with Crippen molar-refractivity contribution in [2.45, 2.75) is 51.6 Å². The van der Waals surface area contributed by atoms with E-state index in [-0.39, 0.29) is 30.1 Å². The van der Waals surface area contributed by atoms with E-state index in [1.807, 2.05) is 6.92 Å². The number of ether oxygens (including phenoxy) is 2. The van der Waals surface area contributed by atoms with Gasteiger partial charge < -0.3 is 19.3 Å². The molecule has 1 saturated carbocycles. The van der Waals surface area contributed by atoms with Crippen molar-refractivity contribution in [2.75, 3.05) is 37.7 Å². The number of alkyl halides is 3. The number of amides is 2. The Labute approximate surface area is 285 Å². The molecule has 2 aromatic carbocycles. The lowest BCUT2D eigenvalue weighted by Crippen LogP contribution is -2.37. The highest BCUT2D eigenvalue weighted by atomic mass is 35.5. The summed E-state index contributed by atoms with van der Waals surface area (Å²) in [5, 5.41) is 1.12. The topological polar surface area (TPSA) is 94.0 Å². The average Bonchev–Trinajstić information content (AvgIpc) is 3.67. The minimum absolute atomic E-state index is 0.0129. The van der Waals surface area contributed by atoms with Crippen molar-refractivity contribution in [2.24, 2.45) is 5.41 Å². The number of imidazole rings is 1. The molecule has 1 saturated heterocycles. The largest absolute Gasteiger partial charge is 0.489 e. The molecule has 1 aliphatic carbocycles. The molecule has 0 N–H and O–H groups in total. The quantitative estimate of drug-likeness (QED) is 0.222. The molecule has 2 fully saturated rings. The zero-order valence-electron chi connectivity index (χ0n) is 25.6. The molecule has 254 valence electrons. The molecule has 9 nitrogen and oxygen atoms in total. The van der Waals surface area contributed by atoms with Crippen molar-refractivity contribution in [3.8, 4) is 11.5 Å². The van der Waals surface area contributed by atoms with Crippen LogP contribution in [-0.4, -0.2) is 71.2 Å². The predicted molar refractivity (Wildman–Crippen MR) is 173 cm³/mol. The third-order valence-corrected chi connectivity index (χ3v) is 8.67. The van der Waals surface area contributed by atoms with Gasteiger partial charge in [0.1, 0.15) is 24.5 Å². The van der Waals surface area contributed by atoms with Crippen LogP contribution in [0.15, 0.2) is 55.1 Å². The molecule has 2 aliphatic rings. The normalized spacial score (nSPS) is 15.8. The van der Waals surface area contributed by atoms with Crippen LogP contribution in [0.2, 0.25) is 15.1 Å². The summed E-state index contributed by atoms with van der Waals surface area (Å²) in [6.07, 6.45) is 3.89. The average molecular weight is 718 g/mol. The fraction of sp³-hybridized carbons (Fsp3) is 0.438. The van der Waals surface area contributed by atoms with Crippen LogP contribution >= 0.6 is 34.8 Å². The van der Waals surface area contributed by atoms with Crippen LogP contribution < -0.4 is 14.4 Å². The van der Waals surface area contributed by atoms with E-state index in [0.29, 0.717) is 78.2 Å². The van der Waals surface area contributed by atoms with Crippen LogP contribution in [0.3, 0.4) is 0 Å². The Morgan fingerprint density at radius 1 is 1.00 bits per heavy atom. The number of hydrogen-bond donors (Lipinski definition) is 0. The van der Waals surface area contributed by atoms with Gasteiger partial charge in [0.05, 0.1) is 22.0 Å². The lowest BCUT2D eigenvalue weighted by molar-refractivity contribution is -0.153. The first-order valence-corrected chi connectivity index (χ1v) is 16.1. The number of halogens is 6. The second-order valence-corrected chi connectivity index (χ2v) is 12.5. The number of anilines is 1. The van der Waals surface area contributed by atoms with E-state index in [1.54, 1.807) is 46.5 Å². The number of rotatable bonds is 9. The van der Waals surface area contributed by atoms with Gasteiger partial charge in [-0.15, -0.1) is 0 Å². The predicted octanol–water partition coefficient (Wildman–Crippen LogP) is 8.10. The first-order chi connectivity index (χ1) is 22.3. The lowest BCUT2D eigenvalue weighted by atomic mass is 9.72. The summed E-state index contributed by atoms with van der Waals surface area (Å²) >= 11 is 18.0. The first-order valence-electron chi connectivity index (χ1n) is 15.0. The molecule has 1 aromatic heterocycles. The molecule has 1 aliphatic heterocycles. The fourth-order valence-corrected chi connectivity index (χ4v) is 6.39. The summed E-state index contributed by atoms with van der Waals surface area (Å²) in [4.78, 5) is 43.7. The number of nitrogens with zero attached hydrogens (tertiary/aromatic N) is 4. The third-order valence-electron chi connectivity index (χ3n) is 7.89. The van der Waals surface area contributed by atoms with Crippen molar-refractivity contribution in [1.29, 1.82) is 0 Å². The number of carbonyl (C=O) groups is 3. The first kappa shape index (κ1) is 36.4. The summed E-state index contributed by atoms with van der Waals surface area (Å²) in [7, 11) is 0. The maximum atomic E-state index is 12.8. The van der Waals surface area contributed by atoms with Crippen LogP contribution in [0.5, 0.6) is 11.5 Å². The van der Waals surface area contributed by atoms with Gasteiger partial charge >= 0.3 is 12.2 Å². The number of ketones is 1. The van der Waals surface area contributed by atoms with E-state index in [1.165, 1.54) is 23.0 Å². The monoisotopic (exact) mass is 716 g/mol. The molecular formula is C32H34Cl3F3N4O5. The maximum Gasteiger partial charge on any atom is 0.422 e. The number of Topliss-reactive ketones (excluding diaryl/α,β-unsaturated/α-hetero) is 1. The number of benzene rings is 2. The second kappa shape index (κ2) is 16.1. The molecule has 1 spiro atoms. The van der Waals surface area contributed by atoms with E-state index < -0.39 is 18.2 Å². The summed E-state index contributed by atoms with van der Waals surface area (Å²) in [5.41, 5.74) is 0.201. The zero-order chi connectivity index (χ0) is 34.2. The lowest BCUT2D eigenvalue weighted by Gasteiger charge is -2.30. The minimum Gasteiger partial charge on any atom is -0.489 e. The summed E-state index contributed by atoms with van der Waals surface area (Å²) in [6, 6.07) is 9.03. The van der Waals surface area contributed by atoms with Crippen molar-refractivity contribution in [3.05, 3.63) is 70.2 Å². The molecule has 2 amide bonds. The van der Waals surface area contributed by atoms with Crippen LogP contribution in [0, 0.1) is 5.41 Å². The zero-order valence-corrected chi connectivity index (χ0v) is 27.8. The third kappa shape index (κ3) is 9.77. The van der Waals surface area contributed by atoms with Crippen LogP contribution in [0.1, 0.15) is 45.4 Å². The SMILES string of the molecule is CCCN(CCOc1c(Cl)cc(Cl)cc1Cl)C(=O)n1ccnc1.O=C1CCC2(CC1)CCN(c1ccc(OCC(F)(F)F)cc1)C2=O. The Morgan fingerprint density at radius 2 is 1.66 bits per heavy atom. The van der Waals surface area contributed by atoms with E-state index in [2.05, 4.69) is 9.72 Å². The van der Waals surface area contributed by atoms with Crippen molar-refractivity contribution < 1.29 is 37.0 Å². The van der Waals surface area contributed by atoms with Gasteiger partial charge in [0, 0.05) is 49.0 Å². The van der Waals surface area contributed by atoms with Crippen LogP contribution in [0.4, 0.5) is 23.7 Å². The smallest absolute Gasteiger partial charge is 0.422 e. The standard InChI is InChI=1S/C17H18F3NO3.C15H16Cl3N3O2/c18-17(19,20)11-24-14-3-1-12(2-4-14)21-10-9-16(15(21)23)7-5-13(22)6-8-16;1-2-4-20(15(22)21-5-3-19-10-21)6-7-23-14-12(17)8-11(16)9-13(14)18/h1-4H,5-11H2;3,5,8-10H,2,4,6-7H2,1H3. The Morgan fingerprint density at radius 3 is 2.23 bits per heavy atom. The Hall–Kier alpha value is -3.48. The molecule has 15 heteroatoms. The molecule has 0 atom stereocenters. The number of aromatic nitrogens is 2. The van der Waals surface area contributed by atoms with E-state index in [4.69, 9.17) is 39.5 Å².